The maximum atomic E-state index is 10.8. The molecule has 0 amide bonds. The van der Waals surface area contributed by atoms with Gasteiger partial charge in [0, 0.05) is 7.11 Å². The molecule has 0 unspecified atom stereocenters. The maximum Gasteiger partial charge on any atom is 0.188 e. The first kappa shape index (κ1) is 12.3. The number of hydrogen-bond donors (Lipinski definition) is 0. The summed E-state index contributed by atoms with van der Waals surface area (Å²) >= 11 is 0. The Morgan fingerprint density at radius 1 is 1.38 bits per heavy atom. The van der Waals surface area contributed by atoms with Gasteiger partial charge in [0.1, 0.15) is 18.1 Å². The highest BCUT2D eigenvalue weighted by molar-refractivity contribution is 5.80. The smallest absolute Gasteiger partial charge is 0.188 e. The number of aldehydes is 1. The lowest BCUT2D eigenvalue weighted by Crippen LogP contribution is -2.01. The van der Waals surface area contributed by atoms with Crippen molar-refractivity contribution in [1.29, 1.82) is 0 Å². The average molecular weight is 222 g/mol. The summed E-state index contributed by atoms with van der Waals surface area (Å²) in [5, 5.41) is 0. The van der Waals surface area contributed by atoms with Crippen molar-refractivity contribution in [2.75, 3.05) is 20.5 Å². The Morgan fingerprint density at radius 2 is 2.19 bits per heavy atom. The molecule has 0 saturated heterocycles. The summed E-state index contributed by atoms with van der Waals surface area (Å²) in [5.74, 6) is 1.08. The predicted octanol–water partition coefficient (Wildman–Crippen LogP) is 2.05. The summed E-state index contributed by atoms with van der Waals surface area (Å²) in [6, 6.07) is 4.99. The van der Waals surface area contributed by atoms with Gasteiger partial charge < -0.3 is 14.2 Å². The topological polar surface area (TPSA) is 44.8 Å². The fourth-order valence-electron chi connectivity index (χ4n) is 1.12. The van der Waals surface area contributed by atoms with Gasteiger partial charge in [0.2, 0.25) is 0 Å². The molecule has 0 fully saturated rings. The van der Waals surface area contributed by atoms with E-state index in [1.807, 2.05) is 0 Å². The van der Waals surface area contributed by atoms with E-state index < -0.39 is 0 Å². The Bertz CT molecular complexity index is 360. The van der Waals surface area contributed by atoms with E-state index in [4.69, 9.17) is 14.2 Å². The number of hydrogen-bond acceptors (Lipinski definition) is 4. The number of rotatable bonds is 7. The van der Waals surface area contributed by atoms with Crippen LogP contribution in [0.5, 0.6) is 11.5 Å². The average Bonchev–Trinajstić information content (AvgIpc) is 2.34. The lowest BCUT2D eigenvalue weighted by Gasteiger charge is -2.09. The van der Waals surface area contributed by atoms with Crippen LogP contribution in [0.3, 0.4) is 0 Å². The van der Waals surface area contributed by atoms with E-state index in [1.54, 1.807) is 24.3 Å². The van der Waals surface area contributed by atoms with Crippen LogP contribution in [-0.4, -0.2) is 26.8 Å². The van der Waals surface area contributed by atoms with E-state index in [9.17, 15) is 4.79 Å². The van der Waals surface area contributed by atoms with Gasteiger partial charge in [-0.2, -0.15) is 0 Å². The molecular weight excluding hydrogens is 208 g/mol. The second kappa shape index (κ2) is 6.63. The molecule has 0 saturated carbocycles. The Labute approximate surface area is 94.4 Å². The summed E-state index contributed by atoms with van der Waals surface area (Å²) in [7, 11) is 1.53. The molecule has 1 aromatic rings. The van der Waals surface area contributed by atoms with E-state index in [-0.39, 0.29) is 6.79 Å². The Morgan fingerprint density at radius 3 is 2.81 bits per heavy atom. The third kappa shape index (κ3) is 3.40. The first-order chi connectivity index (χ1) is 7.81. The lowest BCUT2D eigenvalue weighted by atomic mass is 10.2. The van der Waals surface area contributed by atoms with Crippen molar-refractivity contribution in [3.05, 3.63) is 36.4 Å². The molecular formula is C12H14O4. The van der Waals surface area contributed by atoms with Gasteiger partial charge in [0.25, 0.3) is 0 Å². The van der Waals surface area contributed by atoms with Crippen molar-refractivity contribution in [1.82, 2.24) is 0 Å². The van der Waals surface area contributed by atoms with Crippen molar-refractivity contribution in [2.24, 2.45) is 0 Å². The molecule has 0 radical (unpaired) electrons. The second-order valence-corrected chi connectivity index (χ2v) is 2.97. The Kier molecular flexibility index (Phi) is 5.08. The molecule has 0 aliphatic rings. The Balaban J connectivity index is 2.79. The van der Waals surface area contributed by atoms with Gasteiger partial charge in [-0.3, -0.25) is 4.79 Å². The fourth-order valence-corrected chi connectivity index (χ4v) is 1.12. The molecule has 16 heavy (non-hydrogen) atoms. The number of methoxy groups -OCH3 is 1. The molecule has 0 aliphatic carbocycles. The standard InChI is InChI=1S/C12H14O4/c1-3-6-15-12-5-4-11(16-9-14-2)7-10(12)8-13/h3-5,7-8H,1,6,9H2,2H3. The van der Waals surface area contributed by atoms with E-state index >= 15 is 0 Å². The summed E-state index contributed by atoms with van der Waals surface area (Å²) in [6.07, 6.45) is 2.34. The molecule has 0 spiro atoms. The van der Waals surface area contributed by atoms with Gasteiger partial charge in [-0.1, -0.05) is 12.7 Å². The highest BCUT2D eigenvalue weighted by atomic mass is 16.7. The summed E-state index contributed by atoms with van der Waals surface area (Å²) < 4.78 is 15.3. The van der Waals surface area contributed by atoms with Gasteiger partial charge in [-0.05, 0) is 18.2 Å². The fraction of sp³-hybridized carbons (Fsp3) is 0.250. The van der Waals surface area contributed by atoms with Gasteiger partial charge in [0.15, 0.2) is 13.1 Å². The van der Waals surface area contributed by atoms with Crippen LogP contribution in [0.2, 0.25) is 0 Å². The first-order valence-corrected chi connectivity index (χ1v) is 4.76. The van der Waals surface area contributed by atoms with Gasteiger partial charge >= 0.3 is 0 Å². The molecule has 0 bridgehead atoms. The SMILES string of the molecule is C=CCOc1ccc(OCOC)cc1C=O. The number of benzene rings is 1. The maximum absolute atomic E-state index is 10.8. The molecule has 0 heterocycles. The minimum Gasteiger partial charge on any atom is -0.489 e. The van der Waals surface area contributed by atoms with Crippen LogP contribution in [0.1, 0.15) is 10.4 Å². The van der Waals surface area contributed by atoms with Crippen LogP contribution < -0.4 is 9.47 Å². The predicted molar refractivity (Wildman–Crippen MR) is 60.0 cm³/mol. The van der Waals surface area contributed by atoms with Crippen LogP contribution in [0.25, 0.3) is 0 Å². The minimum absolute atomic E-state index is 0.144. The third-order valence-electron chi connectivity index (χ3n) is 1.81. The van der Waals surface area contributed by atoms with Gasteiger partial charge in [0.05, 0.1) is 5.56 Å². The summed E-state index contributed by atoms with van der Waals surface area (Å²) in [6.45, 7) is 4.04. The monoisotopic (exact) mass is 222 g/mol. The van der Waals surface area contributed by atoms with Crippen LogP contribution in [0.4, 0.5) is 0 Å². The number of carbonyl (C=O) groups excluding carboxylic acids is 1. The number of carbonyl (C=O) groups is 1. The normalized spacial score (nSPS) is 9.56. The van der Waals surface area contributed by atoms with E-state index in [0.29, 0.717) is 23.7 Å². The molecule has 0 N–H and O–H groups in total. The van der Waals surface area contributed by atoms with Crippen molar-refractivity contribution < 1.29 is 19.0 Å². The molecule has 4 heteroatoms. The largest absolute Gasteiger partial charge is 0.489 e. The highest BCUT2D eigenvalue weighted by Crippen LogP contribution is 2.22. The highest BCUT2D eigenvalue weighted by Gasteiger charge is 2.04. The molecule has 0 aliphatic heterocycles. The van der Waals surface area contributed by atoms with Crippen molar-refractivity contribution >= 4 is 6.29 Å². The summed E-state index contributed by atoms with van der Waals surface area (Å²) in [5.41, 5.74) is 0.440. The van der Waals surface area contributed by atoms with Crippen molar-refractivity contribution in [3.63, 3.8) is 0 Å². The zero-order valence-corrected chi connectivity index (χ0v) is 9.14. The van der Waals surface area contributed by atoms with Crippen LogP contribution in [0.15, 0.2) is 30.9 Å². The zero-order chi connectivity index (χ0) is 11.8. The summed E-state index contributed by atoms with van der Waals surface area (Å²) in [4.78, 5) is 10.8. The zero-order valence-electron chi connectivity index (χ0n) is 9.14. The quantitative estimate of drug-likeness (QED) is 0.402. The molecule has 0 atom stereocenters. The van der Waals surface area contributed by atoms with Crippen LogP contribution in [-0.2, 0) is 4.74 Å². The van der Waals surface area contributed by atoms with Crippen molar-refractivity contribution in [2.45, 2.75) is 0 Å². The second-order valence-electron chi connectivity index (χ2n) is 2.97. The molecule has 4 nitrogen and oxygen atoms in total. The molecule has 1 rings (SSSR count). The molecule has 0 aromatic heterocycles. The first-order valence-electron chi connectivity index (χ1n) is 4.76. The minimum atomic E-state index is 0.144. The van der Waals surface area contributed by atoms with Gasteiger partial charge in [-0.15, -0.1) is 0 Å². The van der Waals surface area contributed by atoms with Crippen LogP contribution in [0, 0.1) is 0 Å². The molecule has 86 valence electrons. The lowest BCUT2D eigenvalue weighted by molar-refractivity contribution is 0.0510. The van der Waals surface area contributed by atoms with Crippen LogP contribution >= 0.6 is 0 Å². The van der Waals surface area contributed by atoms with Gasteiger partial charge in [-0.25, -0.2) is 0 Å². The third-order valence-corrected chi connectivity index (χ3v) is 1.81. The van der Waals surface area contributed by atoms with E-state index in [1.165, 1.54) is 7.11 Å². The van der Waals surface area contributed by atoms with E-state index in [0.717, 1.165) is 6.29 Å². The number of ether oxygens (including phenoxy) is 3. The molecule has 1 aromatic carbocycles. The Hall–Kier alpha value is -1.81. The van der Waals surface area contributed by atoms with Crippen molar-refractivity contribution in [3.8, 4) is 11.5 Å². The van der Waals surface area contributed by atoms with E-state index in [2.05, 4.69) is 6.58 Å².